The van der Waals surface area contributed by atoms with E-state index in [9.17, 15) is 5.11 Å². The van der Waals surface area contributed by atoms with Crippen LogP contribution in [0.25, 0.3) is 0 Å². The third-order valence-electron chi connectivity index (χ3n) is 3.20. The van der Waals surface area contributed by atoms with Gasteiger partial charge in [0.2, 0.25) is 0 Å². The highest BCUT2D eigenvalue weighted by Crippen LogP contribution is 2.26. The third kappa shape index (κ3) is 6.46. The Morgan fingerprint density at radius 2 is 1.90 bits per heavy atom. The SMILES string of the molecule is CCNC(C)c1ccc(C)cc1OCC(O)COC(C)C. The minimum absolute atomic E-state index is 0.114. The lowest BCUT2D eigenvalue weighted by atomic mass is 10.0. The van der Waals surface area contributed by atoms with Crippen LogP contribution in [0.15, 0.2) is 18.2 Å². The summed E-state index contributed by atoms with van der Waals surface area (Å²) in [5, 5.41) is 13.3. The van der Waals surface area contributed by atoms with E-state index in [1.807, 2.05) is 26.8 Å². The molecule has 2 atom stereocenters. The molecule has 0 spiro atoms. The number of hydrogen-bond acceptors (Lipinski definition) is 4. The number of aliphatic hydroxyl groups excluding tert-OH is 1. The molecule has 0 aromatic heterocycles. The van der Waals surface area contributed by atoms with Crippen LogP contribution in [0.5, 0.6) is 5.75 Å². The summed E-state index contributed by atoms with van der Waals surface area (Å²) in [5.74, 6) is 0.826. The van der Waals surface area contributed by atoms with Crippen LogP contribution in [0.4, 0.5) is 0 Å². The molecule has 1 aromatic carbocycles. The molecule has 2 N–H and O–H groups in total. The van der Waals surface area contributed by atoms with Gasteiger partial charge in [-0.05, 0) is 45.9 Å². The summed E-state index contributed by atoms with van der Waals surface area (Å²) in [6.07, 6.45) is -0.502. The average molecular weight is 295 g/mol. The molecule has 1 aromatic rings. The zero-order chi connectivity index (χ0) is 15.8. The van der Waals surface area contributed by atoms with Gasteiger partial charge < -0.3 is 19.9 Å². The first-order valence-electron chi connectivity index (χ1n) is 7.70. The van der Waals surface area contributed by atoms with Crippen LogP contribution >= 0.6 is 0 Å². The van der Waals surface area contributed by atoms with Crippen molar-refractivity contribution in [3.05, 3.63) is 29.3 Å². The van der Waals surface area contributed by atoms with Crippen molar-refractivity contribution < 1.29 is 14.6 Å². The largest absolute Gasteiger partial charge is 0.490 e. The second kappa shape index (κ2) is 9.03. The molecule has 0 saturated carbocycles. The summed E-state index contributed by atoms with van der Waals surface area (Å²) < 4.78 is 11.2. The third-order valence-corrected chi connectivity index (χ3v) is 3.20. The van der Waals surface area contributed by atoms with E-state index >= 15 is 0 Å². The van der Waals surface area contributed by atoms with Crippen molar-refractivity contribution in [2.45, 2.75) is 52.9 Å². The van der Waals surface area contributed by atoms with Gasteiger partial charge in [-0.3, -0.25) is 0 Å². The molecule has 0 saturated heterocycles. The van der Waals surface area contributed by atoms with E-state index in [2.05, 4.69) is 31.3 Å². The lowest BCUT2D eigenvalue weighted by Gasteiger charge is -2.20. The van der Waals surface area contributed by atoms with E-state index in [1.165, 1.54) is 0 Å². The van der Waals surface area contributed by atoms with Crippen LogP contribution in [0.3, 0.4) is 0 Å². The van der Waals surface area contributed by atoms with Gasteiger partial charge in [0.05, 0.1) is 12.7 Å². The highest BCUT2D eigenvalue weighted by molar-refractivity contribution is 5.39. The van der Waals surface area contributed by atoms with E-state index in [-0.39, 0.29) is 18.8 Å². The molecule has 0 amide bonds. The van der Waals surface area contributed by atoms with Gasteiger partial charge in [-0.25, -0.2) is 0 Å². The van der Waals surface area contributed by atoms with Gasteiger partial charge in [-0.1, -0.05) is 19.1 Å². The number of nitrogens with one attached hydrogen (secondary N) is 1. The summed E-state index contributed by atoms with van der Waals surface area (Å²) in [4.78, 5) is 0. The number of ether oxygens (including phenoxy) is 2. The van der Waals surface area contributed by atoms with Gasteiger partial charge in [-0.2, -0.15) is 0 Å². The van der Waals surface area contributed by atoms with Crippen molar-refractivity contribution in [3.8, 4) is 5.75 Å². The second-order valence-corrected chi connectivity index (χ2v) is 5.67. The molecule has 0 fully saturated rings. The molecule has 0 aliphatic rings. The molecule has 120 valence electrons. The Morgan fingerprint density at radius 1 is 1.19 bits per heavy atom. The van der Waals surface area contributed by atoms with Gasteiger partial charge in [0.25, 0.3) is 0 Å². The van der Waals surface area contributed by atoms with Gasteiger partial charge >= 0.3 is 0 Å². The van der Waals surface area contributed by atoms with Gasteiger partial charge in [0, 0.05) is 11.6 Å². The minimum atomic E-state index is -0.616. The first-order chi connectivity index (χ1) is 9.93. The molecule has 1 rings (SSSR count). The normalized spacial score (nSPS) is 14.2. The summed E-state index contributed by atoms with van der Waals surface area (Å²) in [7, 11) is 0. The molecule has 0 radical (unpaired) electrons. The quantitative estimate of drug-likeness (QED) is 0.735. The van der Waals surface area contributed by atoms with Crippen LogP contribution in [0.2, 0.25) is 0 Å². The molecular formula is C17H29NO3. The fraction of sp³-hybridized carbons (Fsp3) is 0.647. The first-order valence-corrected chi connectivity index (χ1v) is 7.70. The lowest BCUT2D eigenvalue weighted by Crippen LogP contribution is -2.26. The topological polar surface area (TPSA) is 50.7 Å². The molecule has 2 unspecified atom stereocenters. The van der Waals surface area contributed by atoms with Gasteiger partial charge in [0.1, 0.15) is 18.5 Å². The zero-order valence-corrected chi connectivity index (χ0v) is 13.8. The van der Waals surface area contributed by atoms with Crippen molar-refractivity contribution in [2.75, 3.05) is 19.8 Å². The Morgan fingerprint density at radius 3 is 2.52 bits per heavy atom. The molecule has 0 aliphatic carbocycles. The number of rotatable bonds is 9. The van der Waals surface area contributed by atoms with Crippen molar-refractivity contribution in [3.63, 3.8) is 0 Å². The Kier molecular flexibility index (Phi) is 7.72. The fourth-order valence-corrected chi connectivity index (χ4v) is 2.08. The van der Waals surface area contributed by atoms with Crippen molar-refractivity contribution >= 4 is 0 Å². The summed E-state index contributed by atoms with van der Waals surface area (Å²) in [5.41, 5.74) is 2.25. The van der Waals surface area contributed by atoms with Crippen LogP contribution in [0.1, 0.15) is 44.9 Å². The monoisotopic (exact) mass is 295 g/mol. The Hall–Kier alpha value is -1.10. The predicted molar refractivity (Wildman–Crippen MR) is 85.9 cm³/mol. The fourth-order valence-electron chi connectivity index (χ4n) is 2.08. The number of hydrogen-bond donors (Lipinski definition) is 2. The Bertz CT molecular complexity index is 420. The number of aliphatic hydroxyl groups is 1. The molecule has 4 heteroatoms. The maximum Gasteiger partial charge on any atom is 0.124 e. The predicted octanol–water partition coefficient (Wildman–Crippen LogP) is 2.83. The van der Waals surface area contributed by atoms with Crippen molar-refractivity contribution in [1.29, 1.82) is 0 Å². The van der Waals surface area contributed by atoms with E-state index in [1.54, 1.807) is 0 Å². The molecule has 4 nitrogen and oxygen atoms in total. The number of aryl methyl sites for hydroxylation is 1. The Balaban J connectivity index is 2.66. The van der Waals surface area contributed by atoms with Crippen LogP contribution < -0.4 is 10.1 Å². The van der Waals surface area contributed by atoms with E-state index < -0.39 is 6.10 Å². The highest BCUT2D eigenvalue weighted by atomic mass is 16.5. The number of benzene rings is 1. The van der Waals surface area contributed by atoms with E-state index in [0.29, 0.717) is 6.61 Å². The van der Waals surface area contributed by atoms with Crippen LogP contribution in [0, 0.1) is 6.92 Å². The Labute approximate surface area is 128 Å². The van der Waals surface area contributed by atoms with E-state index in [4.69, 9.17) is 9.47 Å². The summed E-state index contributed by atoms with van der Waals surface area (Å²) >= 11 is 0. The highest BCUT2D eigenvalue weighted by Gasteiger charge is 2.13. The van der Waals surface area contributed by atoms with Gasteiger partial charge in [-0.15, -0.1) is 0 Å². The van der Waals surface area contributed by atoms with Crippen LogP contribution in [-0.2, 0) is 4.74 Å². The van der Waals surface area contributed by atoms with Gasteiger partial charge in [0.15, 0.2) is 0 Å². The van der Waals surface area contributed by atoms with Crippen molar-refractivity contribution in [2.24, 2.45) is 0 Å². The van der Waals surface area contributed by atoms with Crippen LogP contribution in [-0.4, -0.2) is 37.1 Å². The molecule has 0 aliphatic heterocycles. The summed E-state index contributed by atoms with van der Waals surface area (Å²) in [6, 6.07) is 6.39. The lowest BCUT2D eigenvalue weighted by molar-refractivity contribution is -0.0124. The summed E-state index contributed by atoms with van der Waals surface area (Å²) in [6.45, 7) is 11.6. The average Bonchev–Trinajstić information content (AvgIpc) is 2.43. The van der Waals surface area contributed by atoms with E-state index in [0.717, 1.165) is 23.4 Å². The smallest absolute Gasteiger partial charge is 0.124 e. The molecular weight excluding hydrogens is 266 g/mol. The maximum absolute atomic E-state index is 9.90. The molecule has 0 bridgehead atoms. The zero-order valence-electron chi connectivity index (χ0n) is 13.8. The maximum atomic E-state index is 9.90. The first kappa shape index (κ1) is 18.0. The second-order valence-electron chi connectivity index (χ2n) is 5.67. The minimum Gasteiger partial charge on any atom is -0.490 e. The standard InChI is InChI=1S/C17H29NO3/c1-6-18-14(5)16-8-7-13(4)9-17(16)21-11-15(19)10-20-12(2)3/h7-9,12,14-15,18-19H,6,10-11H2,1-5H3. The van der Waals surface area contributed by atoms with Crippen molar-refractivity contribution in [1.82, 2.24) is 5.32 Å². The molecule has 0 heterocycles. The molecule has 21 heavy (non-hydrogen) atoms.